The molecule has 1 aliphatic carbocycles. The Morgan fingerprint density at radius 1 is 1.21 bits per heavy atom. The van der Waals surface area contributed by atoms with Gasteiger partial charge >= 0.3 is 0 Å². The van der Waals surface area contributed by atoms with Crippen molar-refractivity contribution in [2.45, 2.75) is 31.6 Å². The lowest BCUT2D eigenvalue weighted by molar-refractivity contribution is -0.124. The van der Waals surface area contributed by atoms with Gasteiger partial charge in [0.2, 0.25) is 5.91 Å². The highest BCUT2D eigenvalue weighted by Crippen LogP contribution is 2.50. The monoisotopic (exact) mass is 337 g/mol. The maximum absolute atomic E-state index is 12.8. The Morgan fingerprint density at radius 2 is 1.92 bits per heavy atom. The number of rotatable bonds is 1. The number of fused-ring (bicyclic) bond motifs is 3. The summed E-state index contributed by atoms with van der Waals surface area (Å²) in [5, 5.41) is 12.9. The Hall–Kier alpha value is -2.07. The molecule has 4 rings (SSSR count). The molecule has 1 amide bonds. The first kappa shape index (κ1) is 15.5. The Morgan fingerprint density at radius 3 is 2.62 bits per heavy atom. The lowest BCUT2D eigenvalue weighted by atomic mass is 9.84. The summed E-state index contributed by atoms with van der Waals surface area (Å²) in [7, 11) is 0.307. The smallest absolute Gasteiger partial charge is 0.250 e. The number of carbonyl (C=O) groups is 1. The topological polar surface area (TPSA) is 40.5 Å². The number of likely N-dealkylation sites (N-methyl/N-ethyl adjacent to an activating group) is 1. The van der Waals surface area contributed by atoms with Gasteiger partial charge < -0.3 is 10.0 Å². The lowest BCUT2D eigenvalue weighted by Gasteiger charge is -2.34. The van der Waals surface area contributed by atoms with E-state index in [0.29, 0.717) is 17.8 Å². The molecule has 0 bridgehead atoms. The minimum Gasteiger partial charge on any atom is -0.507 e. The van der Waals surface area contributed by atoms with Crippen LogP contribution in [0.5, 0.6) is 5.75 Å². The zero-order chi connectivity index (χ0) is 17.2. The SMILES string of the molecule is CN1CC2=C(C1=O)C([Si](C)(C)C)Cc1cc3ccccc3c(O)c12. The molecule has 2 aromatic rings. The van der Waals surface area contributed by atoms with Crippen molar-refractivity contribution >= 4 is 30.3 Å². The fourth-order valence-electron chi connectivity index (χ4n) is 4.25. The fraction of sp³-hybridized carbons (Fsp3) is 0.350. The molecule has 1 heterocycles. The second-order valence-corrected chi connectivity index (χ2v) is 13.6. The summed E-state index contributed by atoms with van der Waals surface area (Å²) < 4.78 is 0. The van der Waals surface area contributed by atoms with E-state index >= 15 is 0 Å². The molecule has 2 aromatic carbocycles. The van der Waals surface area contributed by atoms with Crippen molar-refractivity contribution in [2.24, 2.45) is 0 Å². The van der Waals surface area contributed by atoms with Crippen LogP contribution in [0.3, 0.4) is 0 Å². The summed E-state index contributed by atoms with van der Waals surface area (Å²) in [6, 6.07) is 10.2. The average Bonchev–Trinajstić information content (AvgIpc) is 2.81. The number of phenolic OH excluding ortho intramolecular Hbond substituents is 1. The van der Waals surface area contributed by atoms with Gasteiger partial charge in [-0.3, -0.25) is 4.79 Å². The van der Waals surface area contributed by atoms with E-state index in [1.807, 2.05) is 25.2 Å². The maximum atomic E-state index is 12.8. The molecule has 1 aliphatic heterocycles. The van der Waals surface area contributed by atoms with Crippen LogP contribution in [0.15, 0.2) is 35.9 Å². The van der Waals surface area contributed by atoms with Crippen LogP contribution < -0.4 is 0 Å². The standard InChI is InChI=1S/C20H23NO2Si/c1-21-11-15-17-13(9-12-7-5-6-8-14(12)19(17)22)10-16(24(2,3)4)18(15)20(21)23/h5-9,16,22H,10-11H2,1-4H3. The van der Waals surface area contributed by atoms with Crippen LogP contribution in [0, 0.1) is 0 Å². The molecule has 1 N–H and O–H groups in total. The number of benzene rings is 2. The van der Waals surface area contributed by atoms with Crippen LogP contribution in [-0.4, -0.2) is 37.6 Å². The number of amides is 1. The zero-order valence-electron chi connectivity index (χ0n) is 14.7. The third-order valence-corrected chi connectivity index (χ3v) is 8.10. The van der Waals surface area contributed by atoms with Crippen molar-refractivity contribution in [3.8, 4) is 5.75 Å². The van der Waals surface area contributed by atoms with E-state index < -0.39 is 8.07 Å². The number of hydrogen-bond donors (Lipinski definition) is 1. The van der Waals surface area contributed by atoms with Gasteiger partial charge in [0.15, 0.2) is 0 Å². The summed E-state index contributed by atoms with van der Waals surface area (Å²) >= 11 is 0. The molecule has 1 atom stereocenters. The molecule has 124 valence electrons. The van der Waals surface area contributed by atoms with Gasteiger partial charge in [0.1, 0.15) is 5.75 Å². The molecule has 0 aromatic heterocycles. The number of carbonyl (C=O) groups excluding carboxylic acids is 1. The Labute approximate surface area is 143 Å². The normalized spacial score (nSPS) is 20.6. The minimum absolute atomic E-state index is 0.149. The molecular formula is C20H23NO2Si. The number of nitrogens with zero attached hydrogens (tertiary/aromatic N) is 1. The van der Waals surface area contributed by atoms with Gasteiger partial charge in [-0.1, -0.05) is 50.0 Å². The molecule has 0 fully saturated rings. The van der Waals surface area contributed by atoms with Crippen molar-refractivity contribution in [1.82, 2.24) is 4.90 Å². The summed E-state index contributed by atoms with van der Waals surface area (Å²) in [5.74, 6) is 0.489. The van der Waals surface area contributed by atoms with Gasteiger partial charge in [-0.15, -0.1) is 0 Å². The third-order valence-electron chi connectivity index (χ3n) is 5.52. The molecule has 0 spiro atoms. The van der Waals surface area contributed by atoms with Crippen LogP contribution in [0.25, 0.3) is 16.3 Å². The first-order chi connectivity index (χ1) is 11.3. The van der Waals surface area contributed by atoms with E-state index in [1.165, 1.54) is 5.56 Å². The van der Waals surface area contributed by atoms with E-state index in [2.05, 4.69) is 31.8 Å². The summed E-state index contributed by atoms with van der Waals surface area (Å²) in [5.41, 5.74) is 4.45. The molecule has 0 radical (unpaired) electrons. The van der Waals surface area contributed by atoms with Crippen LogP contribution in [0.2, 0.25) is 25.2 Å². The second-order valence-electron chi connectivity index (χ2n) is 8.16. The number of hydrogen-bond acceptors (Lipinski definition) is 2. The van der Waals surface area contributed by atoms with E-state index in [0.717, 1.165) is 33.9 Å². The van der Waals surface area contributed by atoms with Crippen LogP contribution in [0.4, 0.5) is 0 Å². The van der Waals surface area contributed by atoms with Crippen molar-refractivity contribution in [3.05, 3.63) is 47.0 Å². The second kappa shape index (κ2) is 4.96. The third kappa shape index (κ3) is 2.06. The van der Waals surface area contributed by atoms with Gasteiger partial charge in [0, 0.05) is 30.1 Å². The van der Waals surface area contributed by atoms with Crippen molar-refractivity contribution in [2.75, 3.05) is 13.6 Å². The Kier molecular flexibility index (Phi) is 3.19. The molecule has 4 heteroatoms. The molecule has 2 aliphatic rings. The van der Waals surface area contributed by atoms with Gasteiger partial charge in [-0.05, 0) is 28.5 Å². The Balaban J connectivity index is 2.04. The molecule has 24 heavy (non-hydrogen) atoms. The summed E-state index contributed by atoms with van der Waals surface area (Å²) in [4.78, 5) is 14.6. The zero-order valence-corrected chi connectivity index (χ0v) is 15.7. The van der Waals surface area contributed by atoms with E-state index in [1.54, 1.807) is 4.90 Å². The van der Waals surface area contributed by atoms with Crippen molar-refractivity contribution in [1.29, 1.82) is 0 Å². The highest BCUT2D eigenvalue weighted by molar-refractivity contribution is 6.78. The quantitative estimate of drug-likeness (QED) is 0.798. The first-order valence-electron chi connectivity index (χ1n) is 8.51. The lowest BCUT2D eigenvalue weighted by Crippen LogP contribution is -2.35. The largest absolute Gasteiger partial charge is 0.507 e. The number of aromatic hydroxyl groups is 1. The van der Waals surface area contributed by atoms with E-state index in [-0.39, 0.29) is 5.91 Å². The van der Waals surface area contributed by atoms with Crippen molar-refractivity contribution in [3.63, 3.8) is 0 Å². The van der Waals surface area contributed by atoms with E-state index in [4.69, 9.17) is 0 Å². The maximum Gasteiger partial charge on any atom is 0.250 e. The van der Waals surface area contributed by atoms with Crippen LogP contribution >= 0.6 is 0 Å². The highest BCUT2D eigenvalue weighted by atomic mass is 28.3. The average molecular weight is 337 g/mol. The Bertz CT molecular complexity index is 908. The minimum atomic E-state index is -1.55. The van der Waals surface area contributed by atoms with Gasteiger partial charge in [-0.2, -0.15) is 0 Å². The molecule has 0 saturated carbocycles. The predicted molar refractivity (Wildman–Crippen MR) is 101 cm³/mol. The molecular weight excluding hydrogens is 314 g/mol. The fourth-order valence-corrected chi connectivity index (χ4v) is 6.24. The molecule has 3 nitrogen and oxygen atoms in total. The summed E-state index contributed by atoms with van der Waals surface area (Å²) in [6.45, 7) is 7.60. The van der Waals surface area contributed by atoms with Crippen LogP contribution in [0.1, 0.15) is 11.1 Å². The molecule has 1 unspecified atom stereocenters. The number of phenols is 1. The highest BCUT2D eigenvalue weighted by Gasteiger charge is 2.44. The van der Waals surface area contributed by atoms with Crippen LogP contribution in [-0.2, 0) is 11.2 Å². The van der Waals surface area contributed by atoms with Gasteiger partial charge in [-0.25, -0.2) is 0 Å². The van der Waals surface area contributed by atoms with Gasteiger partial charge in [0.25, 0.3) is 0 Å². The summed E-state index contributed by atoms with van der Waals surface area (Å²) in [6.07, 6.45) is 0.863. The van der Waals surface area contributed by atoms with Crippen molar-refractivity contribution < 1.29 is 9.90 Å². The first-order valence-corrected chi connectivity index (χ1v) is 12.1. The van der Waals surface area contributed by atoms with E-state index in [9.17, 15) is 9.90 Å². The predicted octanol–water partition coefficient (Wildman–Crippen LogP) is 4.04. The van der Waals surface area contributed by atoms with Gasteiger partial charge in [0.05, 0.1) is 8.07 Å². The molecule has 0 saturated heterocycles.